The van der Waals surface area contributed by atoms with Crippen LogP contribution in [-0.2, 0) is 17.8 Å². The minimum atomic E-state index is -0.446. The molecule has 6 nitrogen and oxygen atoms in total. The molecule has 0 spiro atoms. The second kappa shape index (κ2) is 7.68. The molecule has 1 aliphatic heterocycles. The SMILES string of the molecule is CCc1cc(=O)n(CCNC(=O)C2c3ccccc3Oc3ccccc32)cn1. The highest BCUT2D eigenvalue weighted by Gasteiger charge is 2.32. The average Bonchev–Trinajstić information content (AvgIpc) is 2.72. The minimum absolute atomic E-state index is 0.108. The number of carbonyl (C=O) groups excluding carboxylic acids is 1. The van der Waals surface area contributed by atoms with Gasteiger partial charge in [0.2, 0.25) is 5.91 Å². The van der Waals surface area contributed by atoms with Gasteiger partial charge >= 0.3 is 0 Å². The first-order valence-electron chi connectivity index (χ1n) is 9.36. The zero-order valence-electron chi connectivity index (χ0n) is 15.6. The summed E-state index contributed by atoms with van der Waals surface area (Å²) in [6, 6.07) is 16.7. The number of aryl methyl sites for hydroxylation is 1. The van der Waals surface area contributed by atoms with E-state index < -0.39 is 5.92 Å². The lowest BCUT2D eigenvalue weighted by atomic mass is 9.87. The number of nitrogens with one attached hydrogen (secondary N) is 1. The van der Waals surface area contributed by atoms with Crippen molar-refractivity contribution in [2.45, 2.75) is 25.8 Å². The van der Waals surface area contributed by atoms with Crippen LogP contribution in [0.5, 0.6) is 11.5 Å². The minimum Gasteiger partial charge on any atom is -0.457 e. The molecule has 28 heavy (non-hydrogen) atoms. The van der Waals surface area contributed by atoms with Gasteiger partial charge in [0.05, 0.1) is 12.2 Å². The molecule has 0 bridgehead atoms. The molecule has 142 valence electrons. The van der Waals surface area contributed by atoms with Crippen molar-refractivity contribution in [3.63, 3.8) is 0 Å². The summed E-state index contributed by atoms with van der Waals surface area (Å²) in [6.45, 7) is 2.66. The Morgan fingerprint density at radius 3 is 2.36 bits per heavy atom. The van der Waals surface area contributed by atoms with E-state index in [0.29, 0.717) is 24.6 Å². The zero-order chi connectivity index (χ0) is 19.5. The Bertz CT molecular complexity index is 1030. The van der Waals surface area contributed by atoms with Gasteiger partial charge in [0.15, 0.2) is 0 Å². The van der Waals surface area contributed by atoms with Crippen molar-refractivity contribution >= 4 is 5.91 Å². The summed E-state index contributed by atoms with van der Waals surface area (Å²) in [5, 5.41) is 2.96. The van der Waals surface area contributed by atoms with Crippen molar-refractivity contribution in [2.24, 2.45) is 0 Å². The molecule has 2 aromatic carbocycles. The van der Waals surface area contributed by atoms with E-state index in [4.69, 9.17) is 4.74 Å². The van der Waals surface area contributed by atoms with Crippen molar-refractivity contribution < 1.29 is 9.53 Å². The molecule has 1 aromatic heterocycles. The quantitative estimate of drug-likeness (QED) is 0.744. The molecule has 3 aromatic rings. The number of para-hydroxylation sites is 2. The van der Waals surface area contributed by atoms with E-state index in [2.05, 4.69) is 10.3 Å². The summed E-state index contributed by atoms with van der Waals surface area (Å²) >= 11 is 0. The summed E-state index contributed by atoms with van der Waals surface area (Å²) in [5.41, 5.74) is 2.33. The van der Waals surface area contributed by atoms with E-state index in [1.54, 1.807) is 0 Å². The Kier molecular flexibility index (Phi) is 4.93. The maximum atomic E-state index is 13.0. The Labute approximate surface area is 162 Å². The van der Waals surface area contributed by atoms with Gasteiger partial charge in [0.1, 0.15) is 11.5 Å². The molecule has 1 amide bonds. The third-order valence-corrected chi connectivity index (χ3v) is 4.89. The van der Waals surface area contributed by atoms with Gasteiger partial charge in [-0.05, 0) is 18.6 Å². The predicted octanol–water partition coefficient (Wildman–Crippen LogP) is 2.86. The number of fused-ring (bicyclic) bond motifs is 2. The van der Waals surface area contributed by atoms with Gasteiger partial charge in [-0.3, -0.25) is 14.2 Å². The zero-order valence-corrected chi connectivity index (χ0v) is 15.6. The Hall–Kier alpha value is -3.41. The van der Waals surface area contributed by atoms with E-state index in [0.717, 1.165) is 23.2 Å². The van der Waals surface area contributed by atoms with Crippen LogP contribution in [0.25, 0.3) is 0 Å². The molecule has 1 N–H and O–H groups in total. The summed E-state index contributed by atoms with van der Waals surface area (Å²) in [5.74, 6) is 0.821. The number of ether oxygens (including phenoxy) is 1. The van der Waals surface area contributed by atoms with Gasteiger partial charge < -0.3 is 10.1 Å². The second-order valence-corrected chi connectivity index (χ2v) is 6.67. The van der Waals surface area contributed by atoms with Gasteiger partial charge in [-0.15, -0.1) is 0 Å². The number of hydrogen-bond donors (Lipinski definition) is 1. The second-order valence-electron chi connectivity index (χ2n) is 6.67. The van der Waals surface area contributed by atoms with E-state index in [1.165, 1.54) is 17.0 Å². The number of carbonyl (C=O) groups is 1. The van der Waals surface area contributed by atoms with Gasteiger partial charge in [0.25, 0.3) is 5.56 Å². The molecule has 2 heterocycles. The number of aromatic nitrogens is 2. The van der Waals surface area contributed by atoms with Crippen LogP contribution in [0.1, 0.15) is 29.7 Å². The fraction of sp³-hybridized carbons (Fsp3) is 0.227. The third kappa shape index (κ3) is 3.41. The van der Waals surface area contributed by atoms with Crippen LogP contribution in [0.3, 0.4) is 0 Å². The van der Waals surface area contributed by atoms with Crippen LogP contribution in [-0.4, -0.2) is 22.0 Å². The first-order chi connectivity index (χ1) is 13.7. The molecular weight excluding hydrogens is 354 g/mol. The highest BCUT2D eigenvalue weighted by molar-refractivity contribution is 5.89. The van der Waals surface area contributed by atoms with Crippen molar-refractivity contribution in [1.82, 2.24) is 14.9 Å². The first-order valence-corrected chi connectivity index (χ1v) is 9.36. The summed E-state index contributed by atoms with van der Waals surface area (Å²) in [4.78, 5) is 29.4. The molecule has 6 heteroatoms. The Morgan fingerprint density at radius 1 is 1.11 bits per heavy atom. The third-order valence-electron chi connectivity index (χ3n) is 4.89. The Morgan fingerprint density at radius 2 is 1.75 bits per heavy atom. The highest BCUT2D eigenvalue weighted by Crippen LogP contribution is 2.43. The van der Waals surface area contributed by atoms with Crippen LogP contribution in [0.2, 0.25) is 0 Å². The number of benzene rings is 2. The lowest BCUT2D eigenvalue weighted by molar-refractivity contribution is -0.121. The molecule has 0 atom stereocenters. The molecule has 0 radical (unpaired) electrons. The first kappa shape index (κ1) is 18.0. The number of amides is 1. The number of nitrogens with zero attached hydrogens (tertiary/aromatic N) is 2. The molecule has 0 aliphatic carbocycles. The van der Waals surface area contributed by atoms with Crippen LogP contribution < -0.4 is 15.6 Å². The van der Waals surface area contributed by atoms with Crippen molar-refractivity contribution in [2.75, 3.05) is 6.54 Å². The fourth-order valence-electron chi connectivity index (χ4n) is 3.42. The largest absolute Gasteiger partial charge is 0.457 e. The normalized spacial score (nSPS) is 12.6. The monoisotopic (exact) mass is 375 g/mol. The Balaban J connectivity index is 1.52. The van der Waals surface area contributed by atoms with Crippen LogP contribution in [0.15, 0.2) is 65.7 Å². The number of hydrogen-bond acceptors (Lipinski definition) is 4. The van der Waals surface area contributed by atoms with E-state index in [1.807, 2.05) is 55.5 Å². The smallest absolute Gasteiger partial charge is 0.253 e. The lowest BCUT2D eigenvalue weighted by Gasteiger charge is -2.27. The standard InChI is InChI=1S/C22H21N3O3/c1-2-15-13-20(26)25(14-24-15)12-11-23-22(27)21-16-7-3-5-9-18(16)28-19-10-6-4-8-17(19)21/h3-10,13-14,21H,2,11-12H2,1H3,(H,23,27). The molecule has 1 aliphatic rings. The maximum Gasteiger partial charge on any atom is 0.253 e. The maximum absolute atomic E-state index is 13.0. The summed E-state index contributed by atoms with van der Waals surface area (Å²) in [7, 11) is 0. The van der Waals surface area contributed by atoms with E-state index >= 15 is 0 Å². The van der Waals surface area contributed by atoms with Crippen molar-refractivity contribution in [3.05, 3.63) is 88.1 Å². The molecule has 0 saturated carbocycles. The van der Waals surface area contributed by atoms with Crippen LogP contribution >= 0.6 is 0 Å². The van der Waals surface area contributed by atoms with Crippen molar-refractivity contribution in [1.29, 1.82) is 0 Å². The van der Waals surface area contributed by atoms with Gasteiger partial charge in [-0.1, -0.05) is 43.3 Å². The fourth-order valence-corrected chi connectivity index (χ4v) is 3.42. The topological polar surface area (TPSA) is 73.2 Å². The van der Waals surface area contributed by atoms with Crippen molar-refractivity contribution in [3.8, 4) is 11.5 Å². The molecule has 0 saturated heterocycles. The van der Waals surface area contributed by atoms with E-state index in [9.17, 15) is 9.59 Å². The van der Waals surface area contributed by atoms with Crippen LogP contribution in [0.4, 0.5) is 0 Å². The molecule has 4 rings (SSSR count). The van der Waals surface area contributed by atoms with Gasteiger partial charge in [0, 0.05) is 36.0 Å². The molecular formula is C22H21N3O3. The molecule has 0 unspecified atom stereocenters. The van der Waals surface area contributed by atoms with Gasteiger partial charge in [-0.2, -0.15) is 0 Å². The van der Waals surface area contributed by atoms with Gasteiger partial charge in [-0.25, -0.2) is 4.98 Å². The summed E-state index contributed by atoms with van der Waals surface area (Å²) in [6.07, 6.45) is 2.25. The summed E-state index contributed by atoms with van der Waals surface area (Å²) < 4.78 is 7.44. The van der Waals surface area contributed by atoms with E-state index in [-0.39, 0.29) is 11.5 Å². The average molecular weight is 375 g/mol. The van der Waals surface area contributed by atoms with Crippen LogP contribution in [0, 0.1) is 0 Å². The predicted molar refractivity (Wildman–Crippen MR) is 106 cm³/mol. The molecule has 0 fully saturated rings. The number of rotatable bonds is 5. The highest BCUT2D eigenvalue weighted by atomic mass is 16.5. The lowest BCUT2D eigenvalue weighted by Crippen LogP contribution is -2.35.